The average molecular weight is 526 g/mol. The third-order valence-electron chi connectivity index (χ3n) is 4.65. The van der Waals surface area contributed by atoms with Crippen molar-refractivity contribution in [1.82, 2.24) is 5.43 Å². The zero-order chi connectivity index (χ0) is 25.6. The second-order valence-corrected chi connectivity index (χ2v) is 9.38. The summed E-state index contributed by atoms with van der Waals surface area (Å²) in [6, 6.07) is 15.8. The molecule has 0 saturated heterocycles. The van der Waals surface area contributed by atoms with Crippen molar-refractivity contribution in [2.24, 2.45) is 5.10 Å². The van der Waals surface area contributed by atoms with Crippen molar-refractivity contribution in [1.29, 1.82) is 0 Å². The number of sulfonamides is 1. The highest BCUT2D eigenvalue weighted by atomic mass is 35.5. The number of benzene rings is 3. The summed E-state index contributed by atoms with van der Waals surface area (Å²) in [6.07, 6.45) is -3.50. The number of halogens is 4. The van der Waals surface area contributed by atoms with Gasteiger partial charge in [0.05, 0.1) is 29.5 Å². The zero-order valence-corrected chi connectivity index (χ0v) is 19.7. The van der Waals surface area contributed by atoms with Crippen LogP contribution in [0.2, 0.25) is 5.02 Å². The van der Waals surface area contributed by atoms with Gasteiger partial charge in [0.2, 0.25) is 0 Å². The van der Waals surface area contributed by atoms with Gasteiger partial charge in [-0.2, -0.15) is 18.3 Å². The van der Waals surface area contributed by atoms with Gasteiger partial charge in [-0.05, 0) is 60.2 Å². The lowest BCUT2D eigenvalue weighted by molar-refractivity contribution is -0.137. The van der Waals surface area contributed by atoms with Crippen LogP contribution < -0.4 is 14.5 Å². The van der Waals surface area contributed by atoms with Gasteiger partial charge in [0.15, 0.2) is 0 Å². The maximum Gasteiger partial charge on any atom is 0.416 e. The molecule has 184 valence electrons. The largest absolute Gasteiger partial charge is 0.497 e. The number of carbonyl (C=O) groups excluding carboxylic acids is 1. The van der Waals surface area contributed by atoms with E-state index in [2.05, 4.69) is 10.5 Å². The van der Waals surface area contributed by atoms with Crippen LogP contribution in [-0.4, -0.2) is 34.2 Å². The minimum absolute atomic E-state index is 0.0951. The maximum absolute atomic E-state index is 13.3. The third-order valence-corrected chi connectivity index (χ3v) is 6.67. The predicted octanol–water partition coefficient (Wildman–Crippen LogP) is 4.71. The van der Waals surface area contributed by atoms with E-state index in [9.17, 15) is 26.4 Å². The van der Waals surface area contributed by atoms with Crippen molar-refractivity contribution < 1.29 is 31.1 Å². The van der Waals surface area contributed by atoms with Crippen LogP contribution in [0.5, 0.6) is 5.75 Å². The fraction of sp³-hybridized carbons (Fsp3) is 0.130. The fourth-order valence-electron chi connectivity index (χ4n) is 2.96. The van der Waals surface area contributed by atoms with E-state index in [1.54, 1.807) is 6.07 Å². The molecule has 0 spiro atoms. The van der Waals surface area contributed by atoms with E-state index in [1.165, 1.54) is 61.7 Å². The number of hydrogen-bond donors (Lipinski definition) is 1. The van der Waals surface area contributed by atoms with Crippen LogP contribution in [0.1, 0.15) is 11.1 Å². The number of alkyl halides is 3. The highest BCUT2D eigenvalue weighted by Crippen LogP contribution is 2.29. The summed E-state index contributed by atoms with van der Waals surface area (Å²) in [6.45, 7) is -0.672. The van der Waals surface area contributed by atoms with Crippen molar-refractivity contribution in [2.75, 3.05) is 18.0 Å². The molecule has 35 heavy (non-hydrogen) atoms. The molecule has 0 fully saturated rings. The van der Waals surface area contributed by atoms with Crippen molar-refractivity contribution in [3.63, 3.8) is 0 Å². The van der Waals surface area contributed by atoms with Gasteiger partial charge in [-0.3, -0.25) is 9.10 Å². The maximum atomic E-state index is 13.3. The lowest BCUT2D eigenvalue weighted by Gasteiger charge is -2.24. The van der Waals surface area contributed by atoms with Crippen LogP contribution in [0.15, 0.2) is 82.8 Å². The van der Waals surface area contributed by atoms with Crippen LogP contribution in [0.4, 0.5) is 18.9 Å². The Kier molecular flexibility index (Phi) is 8.03. The van der Waals surface area contributed by atoms with E-state index in [0.717, 1.165) is 22.7 Å². The molecular weight excluding hydrogens is 507 g/mol. The van der Waals surface area contributed by atoms with Crippen LogP contribution in [-0.2, 0) is 21.0 Å². The first-order valence-corrected chi connectivity index (χ1v) is 11.7. The number of methoxy groups -OCH3 is 1. The van der Waals surface area contributed by atoms with Gasteiger partial charge < -0.3 is 4.74 Å². The highest BCUT2D eigenvalue weighted by Gasteiger charge is 2.30. The number of hydrazone groups is 1. The SMILES string of the molecule is COc1ccc(S(=O)(=O)N(CC(=O)N/N=C\c2cccc(C(F)(F)F)c2)c2cccc(Cl)c2)cc1. The number of anilines is 1. The molecule has 12 heteroatoms. The first kappa shape index (κ1) is 26.0. The number of ether oxygens (including phenoxy) is 1. The number of nitrogens with one attached hydrogen (secondary N) is 1. The lowest BCUT2D eigenvalue weighted by atomic mass is 10.1. The van der Waals surface area contributed by atoms with Gasteiger partial charge in [0, 0.05) is 5.02 Å². The molecule has 3 aromatic carbocycles. The fourth-order valence-corrected chi connectivity index (χ4v) is 4.56. The Morgan fingerprint density at radius 1 is 1.09 bits per heavy atom. The van der Waals surface area contributed by atoms with Crippen LogP contribution in [0, 0.1) is 0 Å². The molecule has 0 heterocycles. The molecule has 0 aromatic heterocycles. The Labute approximate surface area is 204 Å². The molecule has 0 aliphatic carbocycles. The normalized spacial score (nSPS) is 11.9. The van der Waals surface area contributed by atoms with Gasteiger partial charge in [-0.15, -0.1) is 0 Å². The molecule has 0 aliphatic heterocycles. The van der Waals surface area contributed by atoms with Gasteiger partial charge in [0.1, 0.15) is 12.3 Å². The standard InChI is InChI=1S/C23H19ClF3N3O4S/c1-34-20-8-10-21(11-9-20)35(32,33)30(19-7-3-6-18(24)13-19)15-22(31)29-28-14-16-4-2-5-17(12-16)23(25,26)27/h2-14H,15H2,1H3,(H,29,31)/b28-14-. The summed E-state index contributed by atoms with van der Waals surface area (Å²) in [7, 11) is -2.77. The Morgan fingerprint density at radius 2 is 1.77 bits per heavy atom. The van der Waals surface area contributed by atoms with Crippen LogP contribution in [0.25, 0.3) is 0 Å². The quantitative estimate of drug-likeness (QED) is 0.341. The van der Waals surface area contributed by atoms with Crippen molar-refractivity contribution in [3.8, 4) is 5.75 Å². The summed E-state index contributed by atoms with van der Waals surface area (Å²) < 4.78 is 71.1. The second kappa shape index (κ2) is 10.8. The molecule has 3 aromatic rings. The monoisotopic (exact) mass is 525 g/mol. The minimum Gasteiger partial charge on any atom is -0.497 e. The Hall–Kier alpha value is -3.57. The molecule has 7 nitrogen and oxygen atoms in total. The summed E-state index contributed by atoms with van der Waals surface area (Å²) >= 11 is 6.02. The molecule has 0 radical (unpaired) electrons. The summed E-state index contributed by atoms with van der Waals surface area (Å²) in [5.41, 5.74) is 1.49. The highest BCUT2D eigenvalue weighted by molar-refractivity contribution is 7.92. The molecule has 1 N–H and O–H groups in total. The molecular formula is C23H19ClF3N3O4S. The molecule has 0 unspecified atom stereocenters. The molecule has 0 atom stereocenters. The average Bonchev–Trinajstić information content (AvgIpc) is 2.82. The topological polar surface area (TPSA) is 88.1 Å². The van der Waals surface area contributed by atoms with Crippen molar-refractivity contribution in [3.05, 3.63) is 88.9 Å². The molecule has 3 rings (SSSR count). The molecule has 0 aliphatic rings. The molecule has 1 amide bonds. The van der Waals surface area contributed by atoms with E-state index in [1.807, 2.05) is 0 Å². The van der Waals surface area contributed by atoms with Crippen molar-refractivity contribution >= 4 is 39.4 Å². The number of hydrogen-bond acceptors (Lipinski definition) is 5. The number of amides is 1. The van der Waals surface area contributed by atoms with Crippen molar-refractivity contribution in [2.45, 2.75) is 11.1 Å². The number of carbonyl (C=O) groups is 1. The third kappa shape index (κ3) is 6.74. The lowest BCUT2D eigenvalue weighted by Crippen LogP contribution is -2.39. The zero-order valence-electron chi connectivity index (χ0n) is 18.2. The second-order valence-electron chi connectivity index (χ2n) is 7.08. The molecule has 0 saturated carbocycles. The van der Waals surface area contributed by atoms with Gasteiger partial charge in [-0.1, -0.05) is 29.8 Å². The Bertz CT molecular complexity index is 1330. The van der Waals surface area contributed by atoms with E-state index < -0.39 is 34.2 Å². The first-order valence-electron chi connectivity index (χ1n) is 9.92. The predicted molar refractivity (Wildman–Crippen MR) is 126 cm³/mol. The Balaban J connectivity index is 1.83. The molecule has 0 bridgehead atoms. The van der Waals surface area contributed by atoms with Crippen LogP contribution >= 0.6 is 11.6 Å². The van der Waals surface area contributed by atoms with Gasteiger partial charge in [0.25, 0.3) is 15.9 Å². The number of nitrogens with zero attached hydrogens (tertiary/aromatic N) is 2. The van der Waals surface area contributed by atoms with E-state index in [-0.39, 0.29) is 21.2 Å². The first-order chi connectivity index (χ1) is 16.5. The van der Waals surface area contributed by atoms with E-state index in [4.69, 9.17) is 16.3 Å². The Morgan fingerprint density at radius 3 is 2.40 bits per heavy atom. The summed E-state index contributed by atoms with van der Waals surface area (Å²) in [5.74, 6) is -0.384. The van der Waals surface area contributed by atoms with E-state index >= 15 is 0 Å². The number of rotatable bonds is 8. The smallest absolute Gasteiger partial charge is 0.416 e. The van der Waals surface area contributed by atoms with E-state index in [0.29, 0.717) is 5.75 Å². The minimum atomic E-state index is -4.53. The van der Waals surface area contributed by atoms with Gasteiger partial charge >= 0.3 is 6.18 Å². The van der Waals surface area contributed by atoms with Crippen LogP contribution in [0.3, 0.4) is 0 Å². The summed E-state index contributed by atoms with van der Waals surface area (Å²) in [4.78, 5) is 12.4. The summed E-state index contributed by atoms with van der Waals surface area (Å²) in [5, 5.41) is 3.90. The van der Waals surface area contributed by atoms with Gasteiger partial charge in [-0.25, -0.2) is 13.8 Å².